The van der Waals surface area contributed by atoms with Crippen molar-refractivity contribution in [3.05, 3.63) is 47.5 Å². The number of piperazine rings is 1. The van der Waals surface area contributed by atoms with Crippen LogP contribution >= 0.6 is 0 Å². The summed E-state index contributed by atoms with van der Waals surface area (Å²) in [6, 6.07) is 10.7. The average molecular weight is 441 g/mol. The maximum atomic E-state index is 13.5. The van der Waals surface area contributed by atoms with E-state index in [1.54, 1.807) is 36.1 Å². The third-order valence-corrected chi connectivity index (χ3v) is 5.65. The lowest BCUT2D eigenvalue weighted by molar-refractivity contribution is -0.138. The molecule has 0 spiro atoms. The van der Waals surface area contributed by atoms with Gasteiger partial charge in [0.05, 0.1) is 18.1 Å². The van der Waals surface area contributed by atoms with Crippen molar-refractivity contribution in [2.45, 2.75) is 25.7 Å². The number of ether oxygens (including phenoxy) is 1. The lowest BCUT2D eigenvalue weighted by Crippen LogP contribution is -2.51. The van der Waals surface area contributed by atoms with Crippen LogP contribution < -0.4 is 5.73 Å². The SMILES string of the molecule is CCOC(=O)N1CCN(C(=O)C(CCC(=O)O)c2ccc3ccccc3c2C(N)=O)CC1. The normalized spacial score (nSPS) is 14.8. The summed E-state index contributed by atoms with van der Waals surface area (Å²) in [5.74, 6) is -2.83. The number of amides is 3. The van der Waals surface area contributed by atoms with Gasteiger partial charge in [0, 0.05) is 32.6 Å². The molecule has 1 heterocycles. The second kappa shape index (κ2) is 10.1. The Hall–Kier alpha value is -3.62. The third-order valence-electron chi connectivity index (χ3n) is 5.65. The number of benzene rings is 2. The van der Waals surface area contributed by atoms with Crippen molar-refractivity contribution in [2.24, 2.45) is 5.73 Å². The highest BCUT2D eigenvalue weighted by atomic mass is 16.6. The van der Waals surface area contributed by atoms with Gasteiger partial charge in [-0.1, -0.05) is 36.4 Å². The molecule has 170 valence electrons. The minimum Gasteiger partial charge on any atom is -0.481 e. The average Bonchev–Trinajstić information content (AvgIpc) is 2.78. The highest BCUT2D eigenvalue weighted by Crippen LogP contribution is 2.32. The Bertz CT molecular complexity index is 1030. The Morgan fingerprint density at radius 3 is 2.31 bits per heavy atom. The van der Waals surface area contributed by atoms with Gasteiger partial charge in [0.2, 0.25) is 11.8 Å². The van der Waals surface area contributed by atoms with Crippen LogP contribution in [0.4, 0.5) is 4.79 Å². The summed E-state index contributed by atoms with van der Waals surface area (Å²) in [5.41, 5.74) is 6.35. The fraction of sp³-hybridized carbons (Fsp3) is 0.391. The van der Waals surface area contributed by atoms with Gasteiger partial charge in [0.1, 0.15) is 0 Å². The van der Waals surface area contributed by atoms with E-state index in [0.29, 0.717) is 37.1 Å². The molecule has 0 aromatic heterocycles. The summed E-state index contributed by atoms with van der Waals surface area (Å²) in [6.07, 6.45) is -0.623. The fourth-order valence-electron chi connectivity index (χ4n) is 4.08. The van der Waals surface area contributed by atoms with Crippen LogP contribution in [-0.4, -0.2) is 71.6 Å². The Morgan fingerprint density at radius 2 is 1.69 bits per heavy atom. The van der Waals surface area contributed by atoms with E-state index in [9.17, 15) is 24.3 Å². The molecule has 1 atom stereocenters. The first-order chi connectivity index (χ1) is 15.3. The van der Waals surface area contributed by atoms with E-state index >= 15 is 0 Å². The van der Waals surface area contributed by atoms with Crippen LogP contribution in [0.1, 0.15) is 41.6 Å². The first-order valence-electron chi connectivity index (χ1n) is 10.6. The van der Waals surface area contributed by atoms with Crippen LogP contribution in [-0.2, 0) is 14.3 Å². The smallest absolute Gasteiger partial charge is 0.409 e. The van der Waals surface area contributed by atoms with Crippen LogP contribution in [0.3, 0.4) is 0 Å². The van der Waals surface area contributed by atoms with Crippen LogP contribution in [0.2, 0.25) is 0 Å². The molecule has 1 aliphatic heterocycles. The molecule has 2 aromatic carbocycles. The van der Waals surface area contributed by atoms with Gasteiger partial charge in [-0.25, -0.2) is 4.79 Å². The van der Waals surface area contributed by atoms with E-state index in [1.165, 1.54) is 4.90 Å². The minimum atomic E-state index is -1.03. The molecular weight excluding hydrogens is 414 g/mol. The summed E-state index contributed by atoms with van der Waals surface area (Å²) >= 11 is 0. The molecule has 1 fully saturated rings. The van der Waals surface area contributed by atoms with Crippen molar-refractivity contribution in [1.29, 1.82) is 0 Å². The molecule has 9 nitrogen and oxygen atoms in total. The van der Waals surface area contributed by atoms with Gasteiger partial charge < -0.3 is 25.4 Å². The quantitative estimate of drug-likeness (QED) is 0.677. The summed E-state index contributed by atoms with van der Waals surface area (Å²) in [7, 11) is 0. The predicted octanol–water partition coefficient (Wildman–Crippen LogP) is 2.19. The number of carboxylic acid groups (broad SMARTS) is 1. The monoisotopic (exact) mass is 441 g/mol. The molecule has 32 heavy (non-hydrogen) atoms. The van der Waals surface area contributed by atoms with Crippen molar-refractivity contribution >= 4 is 34.6 Å². The molecule has 2 aromatic rings. The molecule has 1 saturated heterocycles. The van der Waals surface area contributed by atoms with Crippen LogP contribution in [0.5, 0.6) is 0 Å². The van der Waals surface area contributed by atoms with Gasteiger partial charge in [0.25, 0.3) is 0 Å². The highest BCUT2D eigenvalue weighted by molar-refractivity contribution is 6.09. The zero-order valence-corrected chi connectivity index (χ0v) is 18.0. The van der Waals surface area contributed by atoms with Gasteiger partial charge in [-0.15, -0.1) is 0 Å². The molecule has 3 amide bonds. The largest absolute Gasteiger partial charge is 0.481 e. The van der Waals surface area contributed by atoms with E-state index < -0.39 is 23.9 Å². The lowest BCUT2D eigenvalue weighted by atomic mass is 9.86. The number of carbonyl (C=O) groups is 4. The number of carboxylic acids is 1. The molecule has 3 N–H and O–H groups in total. The number of primary amides is 1. The zero-order chi connectivity index (χ0) is 23.3. The van der Waals surface area contributed by atoms with E-state index in [4.69, 9.17) is 10.5 Å². The summed E-state index contributed by atoms with van der Waals surface area (Å²) in [5, 5.41) is 10.6. The summed E-state index contributed by atoms with van der Waals surface area (Å²) < 4.78 is 5.01. The predicted molar refractivity (Wildman–Crippen MR) is 117 cm³/mol. The molecule has 1 aliphatic rings. The lowest BCUT2D eigenvalue weighted by Gasteiger charge is -2.36. The van der Waals surface area contributed by atoms with Crippen molar-refractivity contribution in [3.63, 3.8) is 0 Å². The second-order valence-electron chi connectivity index (χ2n) is 7.61. The van der Waals surface area contributed by atoms with E-state index in [-0.39, 0.29) is 30.9 Å². The summed E-state index contributed by atoms with van der Waals surface area (Å²) in [4.78, 5) is 52.2. The standard InChI is InChI=1S/C23H27N3O6/c1-2-32-23(31)26-13-11-25(12-14-26)22(30)18(9-10-19(27)28)17-8-7-15-5-3-4-6-16(15)20(17)21(24)29/h3-8,18H,2,9-14H2,1H3,(H2,24,29)(H,27,28). The van der Waals surface area contributed by atoms with Crippen molar-refractivity contribution in [3.8, 4) is 0 Å². The number of fused-ring (bicyclic) bond motifs is 1. The molecule has 3 rings (SSSR count). The van der Waals surface area contributed by atoms with E-state index in [2.05, 4.69) is 0 Å². The van der Waals surface area contributed by atoms with Gasteiger partial charge >= 0.3 is 12.1 Å². The maximum Gasteiger partial charge on any atom is 0.409 e. The van der Waals surface area contributed by atoms with E-state index in [1.807, 2.05) is 12.1 Å². The minimum absolute atomic E-state index is 0.0326. The number of hydrogen-bond donors (Lipinski definition) is 2. The molecule has 1 unspecified atom stereocenters. The molecule has 0 bridgehead atoms. The molecular formula is C23H27N3O6. The molecule has 0 radical (unpaired) electrons. The van der Waals surface area contributed by atoms with Gasteiger partial charge in [0.15, 0.2) is 0 Å². The number of hydrogen-bond acceptors (Lipinski definition) is 5. The second-order valence-corrected chi connectivity index (χ2v) is 7.61. The molecule has 0 aliphatic carbocycles. The summed E-state index contributed by atoms with van der Waals surface area (Å²) in [6.45, 7) is 3.21. The molecule has 9 heteroatoms. The third kappa shape index (κ3) is 4.99. The van der Waals surface area contributed by atoms with Crippen molar-refractivity contribution < 1.29 is 29.0 Å². The van der Waals surface area contributed by atoms with Crippen LogP contribution in [0.25, 0.3) is 10.8 Å². The Morgan fingerprint density at radius 1 is 1.03 bits per heavy atom. The Kier molecular flexibility index (Phi) is 7.29. The maximum absolute atomic E-state index is 13.5. The van der Waals surface area contributed by atoms with Crippen molar-refractivity contribution in [1.82, 2.24) is 9.80 Å². The Balaban J connectivity index is 1.92. The van der Waals surface area contributed by atoms with E-state index in [0.717, 1.165) is 5.39 Å². The van der Waals surface area contributed by atoms with Gasteiger partial charge in [-0.2, -0.15) is 0 Å². The number of rotatable bonds is 7. The van der Waals surface area contributed by atoms with Gasteiger partial charge in [-0.3, -0.25) is 14.4 Å². The first-order valence-corrected chi connectivity index (χ1v) is 10.6. The number of nitrogens with two attached hydrogens (primary N) is 1. The zero-order valence-electron chi connectivity index (χ0n) is 18.0. The van der Waals surface area contributed by atoms with Crippen LogP contribution in [0.15, 0.2) is 36.4 Å². The Labute approximate surface area is 185 Å². The molecule has 0 saturated carbocycles. The van der Waals surface area contributed by atoms with Crippen LogP contribution in [0, 0.1) is 0 Å². The van der Waals surface area contributed by atoms with Crippen molar-refractivity contribution in [2.75, 3.05) is 32.8 Å². The number of nitrogens with zero attached hydrogens (tertiary/aromatic N) is 2. The first kappa shape index (κ1) is 23.1. The van der Waals surface area contributed by atoms with Gasteiger partial charge in [-0.05, 0) is 29.7 Å². The number of aliphatic carboxylic acids is 1. The topological polar surface area (TPSA) is 130 Å². The fourth-order valence-corrected chi connectivity index (χ4v) is 4.08. The highest BCUT2D eigenvalue weighted by Gasteiger charge is 2.33. The number of carbonyl (C=O) groups excluding carboxylic acids is 3.